The molecule has 0 heterocycles. The van der Waals surface area contributed by atoms with Crippen LogP contribution in [0.3, 0.4) is 0 Å². The van der Waals surface area contributed by atoms with E-state index >= 15 is 0 Å². The average Bonchev–Trinajstić information content (AvgIpc) is 2.36. The second kappa shape index (κ2) is 7.31. The summed E-state index contributed by atoms with van der Waals surface area (Å²) >= 11 is 0. The van der Waals surface area contributed by atoms with Crippen LogP contribution in [0, 0.1) is 11.6 Å². The first-order valence-corrected chi connectivity index (χ1v) is 6.89. The molecule has 1 atom stereocenters. The number of carbonyl (C=O) groups is 2. The van der Waals surface area contributed by atoms with Gasteiger partial charge in [-0.3, -0.25) is 10.1 Å². The summed E-state index contributed by atoms with van der Waals surface area (Å²) in [5.41, 5.74) is 0.0577. The normalized spacial score (nSPS) is 12.6. The third-order valence-corrected chi connectivity index (χ3v) is 2.75. The van der Waals surface area contributed by atoms with E-state index in [1.807, 2.05) is 0 Å². The van der Waals surface area contributed by atoms with Crippen LogP contribution in [0.4, 0.5) is 13.6 Å². The number of benzene rings is 1. The van der Waals surface area contributed by atoms with Crippen LogP contribution in [0.1, 0.15) is 39.3 Å². The van der Waals surface area contributed by atoms with Crippen LogP contribution in [0.25, 0.3) is 0 Å². The lowest BCUT2D eigenvalue weighted by atomic mass is 10.1. The fourth-order valence-corrected chi connectivity index (χ4v) is 1.69. The van der Waals surface area contributed by atoms with Crippen LogP contribution in [-0.2, 0) is 4.79 Å². The van der Waals surface area contributed by atoms with E-state index in [0.717, 1.165) is 12.1 Å². The number of hydrogen-bond acceptors (Lipinski definition) is 3. The molecule has 7 heteroatoms. The summed E-state index contributed by atoms with van der Waals surface area (Å²) < 4.78 is 26.0. The van der Waals surface area contributed by atoms with E-state index < -0.39 is 29.1 Å². The Morgan fingerprint density at radius 1 is 1.18 bits per heavy atom. The summed E-state index contributed by atoms with van der Waals surface area (Å²) in [6, 6.07) is 2.57. The van der Waals surface area contributed by atoms with Crippen molar-refractivity contribution in [2.45, 2.75) is 39.3 Å². The van der Waals surface area contributed by atoms with Gasteiger partial charge in [-0.25, -0.2) is 13.6 Å². The fourth-order valence-electron chi connectivity index (χ4n) is 1.69. The summed E-state index contributed by atoms with van der Waals surface area (Å²) in [4.78, 5) is 23.1. The first-order valence-electron chi connectivity index (χ1n) is 6.89. The van der Waals surface area contributed by atoms with Crippen LogP contribution < -0.4 is 16.0 Å². The van der Waals surface area contributed by atoms with Crippen LogP contribution in [0.2, 0.25) is 0 Å². The third-order valence-electron chi connectivity index (χ3n) is 2.75. The van der Waals surface area contributed by atoms with Gasteiger partial charge in [-0.15, -0.1) is 0 Å². The van der Waals surface area contributed by atoms with E-state index in [1.54, 1.807) is 27.7 Å². The zero-order valence-electron chi connectivity index (χ0n) is 13.1. The van der Waals surface area contributed by atoms with E-state index in [0.29, 0.717) is 5.56 Å². The lowest BCUT2D eigenvalue weighted by Gasteiger charge is -2.20. The molecule has 0 radical (unpaired) electrons. The highest BCUT2D eigenvalue weighted by Crippen LogP contribution is 2.15. The van der Waals surface area contributed by atoms with Gasteiger partial charge in [-0.2, -0.15) is 0 Å². The first-order chi connectivity index (χ1) is 10.1. The number of hydrogen-bond donors (Lipinski definition) is 3. The Labute approximate surface area is 128 Å². The predicted molar refractivity (Wildman–Crippen MR) is 79.2 cm³/mol. The lowest BCUT2D eigenvalue weighted by molar-refractivity contribution is -0.119. The maximum absolute atomic E-state index is 13.1. The molecule has 1 aromatic carbocycles. The predicted octanol–water partition coefficient (Wildman–Crippen LogP) is 2.24. The molecule has 0 aliphatic rings. The van der Waals surface area contributed by atoms with Gasteiger partial charge < -0.3 is 10.6 Å². The van der Waals surface area contributed by atoms with E-state index in [9.17, 15) is 18.4 Å². The second-order valence-corrected chi connectivity index (χ2v) is 6.03. The number of halogens is 2. The molecule has 3 amide bonds. The van der Waals surface area contributed by atoms with Gasteiger partial charge in [0.25, 0.3) is 0 Å². The van der Waals surface area contributed by atoms with Crippen molar-refractivity contribution < 1.29 is 18.4 Å². The summed E-state index contributed by atoms with van der Waals surface area (Å²) in [6.07, 6.45) is 0. The quantitative estimate of drug-likeness (QED) is 0.798. The van der Waals surface area contributed by atoms with E-state index in [-0.39, 0.29) is 12.6 Å². The molecule has 0 aromatic heterocycles. The Morgan fingerprint density at radius 2 is 1.82 bits per heavy atom. The molecule has 0 spiro atoms. The van der Waals surface area contributed by atoms with Gasteiger partial charge in [0.1, 0.15) is 0 Å². The number of nitrogens with one attached hydrogen (secondary N) is 3. The summed E-state index contributed by atoms with van der Waals surface area (Å²) in [5, 5.41) is 7.60. The monoisotopic (exact) mass is 313 g/mol. The number of carbonyl (C=O) groups excluding carboxylic acids is 2. The van der Waals surface area contributed by atoms with Crippen molar-refractivity contribution in [2.75, 3.05) is 6.54 Å². The zero-order valence-corrected chi connectivity index (χ0v) is 13.1. The Morgan fingerprint density at radius 3 is 2.36 bits per heavy atom. The average molecular weight is 313 g/mol. The summed E-state index contributed by atoms with van der Waals surface area (Å²) in [5.74, 6) is -2.39. The molecule has 0 fully saturated rings. The van der Waals surface area contributed by atoms with E-state index in [4.69, 9.17) is 0 Å². The molecule has 0 aliphatic heterocycles. The van der Waals surface area contributed by atoms with E-state index in [1.165, 1.54) is 6.07 Å². The number of imide groups is 1. The largest absolute Gasteiger partial charge is 0.333 e. The molecule has 122 valence electrons. The van der Waals surface area contributed by atoms with Gasteiger partial charge in [0, 0.05) is 11.6 Å². The molecule has 22 heavy (non-hydrogen) atoms. The van der Waals surface area contributed by atoms with Crippen LogP contribution >= 0.6 is 0 Å². The second-order valence-electron chi connectivity index (χ2n) is 6.03. The SMILES string of the molecule is C[C@H](NCC(=O)NC(=O)NC(C)(C)C)c1ccc(F)c(F)c1. The molecule has 3 N–H and O–H groups in total. The Balaban J connectivity index is 2.46. The van der Waals surface area contributed by atoms with Gasteiger partial charge in [0.05, 0.1) is 6.54 Å². The third kappa shape index (κ3) is 6.17. The van der Waals surface area contributed by atoms with Crippen molar-refractivity contribution in [3.8, 4) is 0 Å². The smallest absolute Gasteiger partial charge is 0.321 e. The highest BCUT2D eigenvalue weighted by molar-refractivity contribution is 5.95. The van der Waals surface area contributed by atoms with Crippen LogP contribution in [-0.4, -0.2) is 24.0 Å². The molecule has 0 aliphatic carbocycles. The maximum Gasteiger partial charge on any atom is 0.321 e. The summed E-state index contributed by atoms with van der Waals surface area (Å²) in [7, 11) is 0. The number of urea groups is 1. The van der Waals surface area contributed by atoms with Crippen molar-refractivity contribution in [2.24, 2.45) is 0 Å². The Bertz CT molecular complexity index is 556. The van der Waals surface area contributed by atoms with E-state index in [2.05, 4.69) is 16.0 Å². The first kappa shape index (κ1) is 18.0. The van der Waals surface area contributed by atoms with Gasteiger partial charge in [0.15, 0.2) is 11.6 Å². The van der Waals surface area contributed by atoms with Crippen molar-refractivity contribution in [1.29, 1.82) is 0 Å². The molecule has 0 saturated carbocycles. The molecule has 5 nitrogen and oxygen atoms in total. The van der Waals surface area contributed by atoms with Crippen molar-refractivity contribution in [3.63, 3.8) is 0 Å². The van der Waals surface area contributed by atoms with Gasteiger partial charge in [-0.1, -0.05) is 6.07 Å². The van der Waals surface area contributed by atoms with Gasteiger partial charge >= 0.3 is 6.03 Å². The Hall–Kier alpha value is -2.02. The maximum atomic E-state index is 13.1. The Kier molecular flexibility index (Phi) is 5.99. The zero-order chi connectivity index (χ0) is 16.9. The molecule has 1 rings (SSSR count). The molecular formula is C15H21F2N3O2. The van der Waals surface area contributed by atoms with Crippen molar-refractivity contribution >= 4 is 11.9 Å². The fraction of sp³-hybridized carbons (Fsp3) is 0.467. The van der Waals surface area contributed by atoms with Gasteiger partial charge in [-0.05, 0) is 45.4 Å². The molecule has 0 saturated heterocycles. The van der Waals surface area contributed by atoms with Crippen LogP contribution in [0.15, 0.2) is 18.2 Å². The number of amides is 3. The highest BCUT2D eigenvalue weighted by Gasteiger charge is 2.16. The number of rotatable bonds is 4. The van der Waals surface area contributed by atoms with Gasteiger partial charge in [0.2, 0.25) is 5.91 Å². The minimum atomic E-state index is -0.944. The minimum Gasteiger partial charge on any atom is -0.333 e. The minimum absolute atomic E-state index is 0.127. The molecule has 0 bridgehead atoms. The molecular weight excluding hydrogens is 292 g/mol. The lowest BCUT2D eigenvalue weighted by Crippen LogP contribution is -2.50. The summed E-state index contributed by atoms with van der Waals surface area (Å²) in [6.45, 7) is 6.95. The van der Waals surface area contributed by atoms with Crippen LogP contribution in [0.5, 0.6) is 0 Å². The molecule has 1 aromatic rings. The highest BCUT2D eigenvalue weighted by atomic mass is 19.2. The van der Waals surface area contributed by atoms with Crippen molar-refractivity contribution in [3.05, 3.63) is 35.4 Å². The molecule has 0 unspecified atom stereocenters. The van der Waals surface area contributed by atoms with Crippen molar-refractivity contribution in [1.82, 2.24) is 16.0 Å². The topological polar surface area (TPSA) is 70.2 Å². The standard InChI is InChI=1S/C15H21F2N3O2/c1-9(10-5-6-11(16)12(17)7-10)18-8-13(21)19-14(22)20-15(2,3)4/h5-7,9,18H,8H2,1-4H3,(H2,19,20,21,22)/t9-/m0/s1.